The lowest BCUT2D eigenvalue weighted by Crippen LogP contribution is -2.29. The van der Waals surface area contributed by atoms with Crippen molar-refractivity contribution in [2.75, 3.05) is 13.6 Å². The third-order valence-electron chi connectivity index (χ3n) is 4.94. The number of nitriles is 1. The second-order valence-electron chi connectivity index (χ2n) is 6.74. The summed E-state index contributed by atoms with van der Waals surface area (Å²) in [6.45, 7) is 2.44. The van der Waals surface area contributed by atoms with Gasteiger partial charge in [-0.2, -0.15) is 5.26 Å². The number of Topliss-reactive ketones (excluding diaryl/α,β-unsaturated/α-hetero) is 1. The Bertz CT molecular complexity index is 899. The van der Waals surface area contributed by atoms with Crippen LogP contribution in [0.3, 0.4) is 0 Å². The average molecular weight is 350 g/mol. The molecule has 26 heavy (non-hydrogen) atoms. The molecule has 1 fully saturated rings. The minimum absolute atomic E-state index is 0.132. The fourth-order valence-corrected chi connectivity index (χ4v) is 3.51. The highest BCUT2D eigenvalue weighted by molar-refractivity contribution is 6.04. The van der Waals surface area contributed by atoms with Gasteiger partial charge in [-0.05, 0) is 24.1 Å². The number of halogens is 1. The Morgan fingerprint density at radius 1 is 1.27 bits per heavy atom. The molecule has 132 valence electrons. The summed E-state index contributed by atoms with van der Waals surface area (Å²) in [5.74, 6) is -2.21. The lowest BCUT2D eigenvalue weighted by atomic mass is 9.83. The minimum atomic E-state index is -0.808. The van der Waals surface area contributed by atoms with Crippen LogP contribution in [-0.2, 0) is 16.0 Å². The number of rotatable bonds is 4. The maximum atomic E-state index is 13.8. The first kappa shape index (κ1) is 17.8. The van der Waals surface area contributed by atoms with Crippen LogP contribution in [0.15, 0.2) is 42.5 Å². The number of hydrogen-bond donors (Lipinski definition) is 0. The third-order valence-corrected chi connectivity index (χ3v) is 4.94. The van der Waals surface area contributed by atoms with E-state index in [0.717, 1.165) is 11.1 Å². The summed E-state index contributed by atoms with van der Waals surface area (Å²) in [5, 5.41) is 9.15. The van der Waals surface area contributed by atoms with Crippen LogP contribution in [0.4, 0.5) is 4.39 Å². The van der Waals surface area contributed by atoms with Crippen LogP contribution in [0.5, 0.6) is 0 Å². The highest BCUT2D eigenvalue weighted by atomic mass is 19.1. The van der Waals surface area contributed by atoms with E-state index in [0.29, 0.717) is 12.1 Å². The predicted molar refractivity (Wildman–Crippen MR) is 94.9 cm³/mol. The zero-order valence-electron chi connectivity index (χ0n) is 14.7. The summed E-state index contributed by atoms with van der Waals surface area (Å²) >= 11 is 0. The van der Waals surface area contributed by atoms with Gasteiger partial charge in [0.15, 0.2) is 0 Å². The van der Waals surface area contributed by atoms with Crippen molar-refractivity contribution in [2.45, 2.75) is 19.3 Å². The van der Waals surface area contributed by atoms with Crippen LogP contribution in [0.2, 0.25) is 0 Å². The van der Waals surface area contributed by atoms with Crippen LogP contribution in [-0.4, -0.2) is 30.2 Å². The van der Waals surface area contributed by atoms with E-state index in [9.17, 15) is 14.0 Å². The van der Waals surface area contributed by atoms with E-state index in [1.165, 1.54) is 12.1 Å². The monoisotopic (exact) mass is 350 g/mol. The molecule has 0 N–H and O–H groups in total. The number of nitrogens with zero attached hydrogens (tertiary/aromatic N) is 2. The molecule has 0 radical (unpaired) electrons. The van der Waals surface area contributed by atoms with E-state index in [-0.39, 0.29) is 29.6 Å². The molecule has 4 nitrogen and oxygen atoms in total. The molecule has 1 amide bonds. The molecule has 0 saturated carbocycles. The fraction of sp³-hybridized carbons (Fsp3) is 0.286. The van der Waals surface area contributed by atoms with E-state index in [2.05, 4.69) is 0 Å². The standard InChI is InChI=1S/C21H19FN2O2/c1-13-6-8-14(9-7-13)17-12-24(2)21(26)20(17)19(25)10-15-4-3-5-18(22)16(15)11-23/h3-9,17,20H,10,12H2,1-2H3/t17-,20+/m1/s1. The van der Waals surface area contributed by atoms with Gasteiger partial charge in [-0.3, -0.25) is 9.59 Å². The maximum absolute atomic E-state index is 13.8. The lowest BCUT2D eigenvalue weighted by molar-refractivity contribution is -0.136. The highest BCUT2D eigenvalue weighted by Gasteiger charge is 2.43. The van der Waals surface area contributed by atoms with Gasteiger partial charge < -0.3 is 4.90 Å². The minimum Gasteiger partial charge on any atom is -0.344 e. The van der Waals surface area contributed by atoms with Crippen LogP contribution in [0, 0.1) is 30.0 Å². The summed E-state index contributed by atoms with van der Waals surface area (Å²) in [4.78, 5) is 27.1. The zero-order chi connectivity index (χ0) is 18.8. The molecule has 0 unspecified atom stereocenters. The molecule has 2 atom stereocenters. The number of likely N-dealkylation sites (tertiary alicyclic amines) is 1. The molecule has 0 aromatic heterocycles. The SMILES string of the molecule is Cc1ccc([C@H]2CN(C)C(=O)[C@@H]2C(=O)Cc2cccc(F)c2C#N)cc1. The van der Waals surface area contributed by atoms with E-state index >= 15 is 0 Å². The molecule has 1 aliphatic rings. The van der Waals surface area contributed by atoms with Gasteiger partial charge in [0.05, 0.1) is 5.56 Å². The van der Waals surface area contributed by atoms with Gasteiger partial charge in [-0.15, -0.1) is 0 Å². The smallest absolute Gasteiger partial charge is 0.233 e. The van der Waals surface area contributed by atoms with Gasteiger partial charge in [-0.1, -0.05) is 42.0 Å². The van der Waals surface area contributed by atoms with Crippen LogP contribution in [0.25, 0.3) is 0 Å². The molecule has 1 heterocycles. The quantitative estimate of drug-likeness (QED) is 0.797. The molecular formula is C21H19FN2O2. The van der Waals surface area contributed by atoms with E-state index < -0.39 is 11.7 Å². The molecular weight excluding hydrogens is 331 g/mol. The van der Waals surface area contributed by atoms with E-state index in [4.69, 9.17) is 5.26 Å². The first-order chi connectivity index (χ1) is 12.4. The van der Waals surface area contributed by atoms with Crippen molar-refractivity contribution >= 4 is 11.7 Å². The van der Waals surface area contributed by atoms with Crippen LogP contribution < -0.4 is 0 Å². The van der Waals surface area contributed by atoms with E-state index in [1.807, 2.05) is 31.2 Å². The first-order valence-corrected chi connectivity index (χ1v) is 8.44. The van der Waals surface area contributed by atoms with Crippen molar-refractivity contribution in [1.29, 1.82) is 5.26 Å². The van der Waals surface area contributed by atoms with Gasteiger partial charge in [0.2, 0.25) is 5.91 Å². The first-order valence-electron chi connectivity index (χ1n) is 8.44. The van der Waals surface area contributed by atoms with Crippen LogP contribution >= 0.6 is 0 Å². The molecule has 0 spiro atoms. The second-order valence-corrected chi connectivity index (χ2v) is 6.74. The molecule has 3 rings (SSSR count). The number of amides is 1. The lowest BCUT2D eigenvalue weighted by Gasteiger charge is -2.17. The predicted octanol–water partition coefficient (Wildman–Crippen LogP) is 2.99. The van der Waals surface area contributed by atoms with Gasteiger partial charge in [0, 0.05) is 25.9 Å². The summed E-state index contributed by atoms with van der Waals surface area (Å²) in [5.41, 5.74) is 2.23. The molecule has 0 aliphatic carbocycles. The van der Waals surface area contributed by atoms with Crippen molar-refractivity contribution in [1.82, 2.24) is 4.90 Å². The maximum Gasteiger partial charge on any atom is 0.233 e. The van der Waals surface area contributed by atoms with Crippen molar-refractivity contribution in [3.8, 4) is 6.07 Å². The summed E-state index contributed by atoms with van der Waals surface area (Å²) < 4.78 is 13.8. The van der Waals surface area contributed by atoms with Gasteiger partial charge in [-0.25, -0.2) is 4.39 Å². The van der Waals surface area contributed by atoms with Crippen molar-refractivity contribution < 1.29 is 14.0 Å². The number of aryl methyl sites for hydroxylation is 1. The molecule has 2 aromatic rings. The molecule has 5 heteroatoms. The molecule has 1 aliphatic heterocycles. The fourth-order valence-electron chi connectivity index (χ4n) is 3.51. The van der Waals surface area contributed by atoms with Gasteiger partial charge in [0.25, 0.3) is 0 Å². The Labute approximate surface area is 151 Å². The second kappa shape index (κ2) is 7.09. The molecule has 0 bridgehead atoms. The number of benzene rings is 2. The Hall–Kier alpha value is -3.00. The number of carbonyl (C=O) groups is 2. The highest BCUT2D eigenvalue weighted by Crippen LogP contribution is 2.34. The van der Waals surface area contributed by atoms with Crippen LogP contribution in [0.1, 0.15) is 28.2 Å². The summed E-state index contributed by atoms with van der Waals surface area (Å²) in [6, 6.07) is 13.8. The van der Waals surface area contributed by atoms with E-state index in [1.54, 1.807) is 24.1 Å². The summed E-state index contributed by atoms with van der Waals surface area (Å²) in [6.07, 6.45) is -0.132. The largest absolute Gasteiger partial charge is 0.344 e. The Morgan fingerprint density at radius 2 is 1.96 bits per heavy atom. The third kappa shape index (κ3) is 3.23. The Kier molecular flexibility index (Phi) is 4.85. The number of carbonyl (C=O) groups excluding carboxylic acids is 2. The number of hydrogen-bond acceptors (Lipinski definition) is 3. The normalized spacial score (nSPS) is 19.5. The average Bonchev–Trinajstić information content (AvgIpc) is 2.91. The molecule has 2 aromatic carbocycles. The zero-order valence-corrected chi connectivity index (χ0v) is 14.7. The Morgan fingerprint density at radius 3 is 2.62 bits per heavy atom. The Balaban J connectivity index is 1.91. The number of ketones is 1. The van der Waals surface area contributed by atoms with Gasteiger partial charge in [0.1, 0.15) is 23.6 Å². The van der Waals surface area contributed by atoms with Crippen molar-refractivity contribution in [3.05, 3.63) is 70.5 Å². The summed E-state index contributed by atoms with van der Waals surface area (Å²) in [7, 11) is 1.68. The molecule has 1 saturated heterocycles. The van der Waals surface area contributed by atoms with Crippen molar-refractivity contribution in [3.63, 3.8) is 0 Å². The number of likely N-dealkylation sites (N-methyl/N-ethyl adjacent to an activating group) is 1. The topological polar surface area (TPSA) is 61.2 Å². The van der Waals surface area contributed by atoms with Crippen molar-refractivity contribution in [2.24, 2.45) is 5.92 Å². The van der Waals surface area contributed by atoms with Gasteiger partial charge >= 0.3 is 0 Å².